The first-order chi connectivity index (χ1) is 10.2. The van der Waals surface area contributed by atoms with Gasteiger partial charge >= 0.3 is 0 Å². The number of carbonyl (C=O) groups is 1. The van der Waals surface area contributed by atoms with Crippen LogP contribution in [-0.4, -0.2) is 5.78 Å². The van der Waals surface area contributed by atoms with Crippen LogP contribution < -0.4 is 0 Å². The van der Waals surface area contributed by atoms with E-state index in [1.807, 2.05) is 0 Å². The number of Topliss-reactive ketones (excluding diaryl/α,β-unsaturated/α-hetero) is 1. The molecule has 0 N–H and O–H groups in total. The van der Waals surface area contributed by atoms with Crippen LogP contribution in [0.3, 0.4) is 0 Å². The van der Waals surface area contributed by atoms with Gasteiger partial charge in [-0.15, -0.1) is 0 Å². The molecule has 2 aromatic rings. The zero-order valence-corrected chi connectivity index (χ0v) is 13.9. The molecule has 0 aromatic heterocycles. The smallest absolute Gasteiger partial charge is 0.141 e. The lowest BCUT2D eigenvalue weighted by Crippen LogP contribution is -2.07. The zero-order valence-electron chi connectivity index (χ0n) is 11.8. The minimum atomic E-state index is 0.271. The molecule has 21 heavy (non-hydrogen) atoms. The van der Waals surface area contributed by atoms with Crippen LogP contribution in [-0.2, 0) is 17.6 Å². The van der Waals surface area contributed by atoms with Gasteiger partial charge in [0.2, 0.25) is 0 Å². The van der Waals surface area contributed by atoms with Crippen LogP contribution >= 0.6 is 22.6 Å². The quantitative estimate of drug-likeness (QED) is 0.714. The molecule has 4 rings (SSSR count). The molecule has 1 fully saturated rings. The van der Waals surface area contributed by atoms with E-state index in [1.165, 1.54) is 21.1 Å². The fraction of sp³-hybridized carbons (Fsp3) is 0.316. The van der Waals surface area contributed by atoms with Gasteiger partial charge in [-0.05, 0) is 76.1 Å². The summed E-state index contributed by atoms with van der Waals surface area (Å²) in [4.78, 5) is 12.6. The van der Waals surface area contributed by atoms with Gasteiger partial charge in [-0.25, -0.2) is 0 Å². The van der Waals surface area contributed by atoms with E-state index in [1.54, 1.807) is 0 Å². The minimum Gasteiger partial charge on any atom is -0.299 e. The van der Waals surface area contributed by atoms with E-state index >= 15 is 0 Å². The summed E-state index contributed by atoms with van der Waals surface area (Å²) in [6.07, 6.45) is 2.92. The van der Waals surface area contributed by atoms with Gasteiger partial charge in [0.1, 0.15) is 5.78 Å². The molecule has 1 saturated carbocycles. The molecule has 2 aliphatic rings. The van der Waals surface area contributed by atoms with Crippen LogP contribution in [0.2, 0.25) is 0 Å². The molecule has 106 valence electrons. The Morgan fingerprint density at radius 3 is 2.67 bits per heavy atom. The number of halogens is 1. The molecule has 3 atom stereocenters. The molecular formula is C19H17IO. The van der Waals surface area contributed by atoms with Crippen molar-refractivity contribution in [2.75, 3.05) is 0 Å². The Hall–Kier alpha value is -1.16. The zero-order chi connectivity index (χ0) is 14.4. The van der Waals surface area contributed by atoms with Crippen LogP contribution in [0.25, 0.3) is 0 Å². The SMILES string of the molecule is O=C(Cc1ccc(I)cc1)C1C2CCc3ccccc3C21. The van der Waals surface area contributed by atoms with Crippen molar-refractivity contribution in [2.45, 2.75) is 25.2 Å². The summed E-state index contributed by atoms with van der Waals surface area (Å²) < 4.78 is 1.22. The lowest BCUT2D eigenvalue weighted by atomic mass is 9.92. The monoisotopic (exact) mass is 388 g/mol. The number of hydrogen-bond donors (Lipinski definition) is 0. The van der Waals surface area contributed by atoms with Gasteiger partial charge in [0.25, 0.3) is 0 Å². The second-order valence-corrected chi connectivity index (χ2v) is 7.47. The van der Waals surface area contributed by atoms with E-state index in [-0.39, 0.29) is 5.92 Å². The number of ketones is 1. The summed E-state index contributed by atoms with van der Waals surface area (Å²) in [6.45, 7) is 0. The Bertz CT molecular complexity index is 689. The minimum absolute atomic E-state index is 0.271. The number of hydrogen-bond acceptors (Lipinski definition) is 1. The van der Waals surface area contributed by atoms with E-state index in [0.717, 1.165) is 12.0 Å². The van der Waals surface area contributed by atoms with Crippen LogP contribution in [0.5, 0.6) is 0 Å². The summed E-state index contributed by atoms with van der Waals surface area (Å²) in [6, 6.07) is 17.0. The highest BCUT2D eigenvalue weighted by Crippen LogP contribution is 2.60. The average Bonchev–Trinajstić information content (AvgIpc) is 3.25. The summed E-state index contributed by atoms with van der Waals surface area (Å²) >= 11 is 2.30. The topological polar surface area (TPSA) is 17.1 Å². The second kappa shape index (κ2) is 5.24. The number of benzene rings is 2. The number of rotatable bonds is 3. The highest BCUT2D eigenvalue weighted by Gasteiger charge is 2.56. The van der Waals surface area contributed by atoms with E-state index < -0.39 is 0 Å². The Kier molecular flexibility index (Phi) is 3.37. The van der Waals surface area contributed by atoms with Gasteiger partial charge in [-0.3, -0.25) is 4.79 Å². The molecule has 0 spiro atoms. The Labute approximate surface area is 138 Å². The van der Waals surface area contributed by atoms with Crippen LogP contribution in [0.15, 0.2) is 48.5 Å². The first-order valence-corrected chi connectivity index (χ1v) is 8.67. The predicted molar refractivity (Wildman–Crippen MR) is 92.4 cm³/mol. The highest BCUT2D eigenvalue weighted by atomic mass is 127. The van der Waals surface area contributed by atoms with Crippen molar-refractivity contribution in [2.24, 2.45) is 11.8 Å². The molecule has 2 aliphatic carbocycles. The van der Waals surface area contributed by atoms with Crippen molar-refractivity contribution in [1.82, 2.24) is 0 Å². The van der Waals surface area contributed by atoms with E-state index in [2.05, 4.69) is 71.1 Å². The highest BCUT2D eigenvalue weighted by molar-refractivity contribution is 14.1. The number of aryl methyl sites for hydroxylation is 1. The third-order valence-electron chi connectivity index (χ3n) is 4.99. The molecule has 3 unspecified atom stereocenters. The Morgan fingerprint density at radius 2 is 1.86 bits per heavy atom. The largest absolute Gasteiger partial charge is 0.299 e. The Morgan fingerprint density at radius 1 is 1.10 bits per heavy atom. The molecule has 0 radical (unpaired) electrons. The molecule has 1 nitrogen and oxygen atoms in total. The fourth-order valence-corrected chi connectivity index (χ4v) is 4.29. The molecule has 0 saturated heterocycles. The third-order valence-corrected chi connectivity index (χ3v) is 5.71. The van der Waals surface area contributed by atoms with Crippen LogP contribution in [0.4, 0.5) is 0 Å². The standard InChI is InChI=1S/C19H17IO/c20-14-8-5-12(6-9-14)11-17(21)19-16-10-7-13-3-1-2-4-15(13)18(16)19/h1-6,8-9,16,18-19H,7,10-11H2. The molecule has 0 aliphatic heterocycles. The molecule has 0 heterocycles. The summed E-state index contributed by atoms with van der Waals surface area (Å²) in [7, 11) is 0. The summed E-state index contributed by atoms with van der Waals surface area (Å²) in [5, 5.41) is 0. The molecule has 0 amide bonds. The van der Waals surface area contributed by atoms with Gasteiger partial charge in [-0.1, -0.05) is 36.4 Å². The van der Waals surface area contributed by atoms with Gasteiger partial charge in [0, 0.05) is 15.9 Å². The second-order valence-electron chi connectivity index (χ2n) is 6.22. The van der Waals surface area contributed by atoms with E-state index in [4.69, 9.17) is 0 Å². The van der Waals surface area contributed by atoms with Gasteiger partial charge in [0.05, 0.1) is 0 Å². The first kappa shape index (κ1) is 13.5. The van der Waals surface area contributed by atoms with E-state index in [0.29, 0.717) is 24.0 Å². The molecule has 0 bridgehead atoms. The van der Waals surface area contributed by atoms with Crippen molar-refractivity contribution in [3.63, 3.8) is 0 Å². The lowest BCUT2D eigenvalue weighted by Gasteiger charge is -2.13. The van der Waals surface area contributed by atoms with Crippen molar-refractivity contribution >= 4 is 28.4 Å². The van der Waals surface area contributed by atoms with Crippen molar-refractivity contribution in [3.8, 4) is 0 Å². The molecule has 2 aromatic carbocycles. The number of carbonyl (C=O) groups excluding carboxylic acids is 1. The number of fused-ring (bicyclic) bond motifs is 3. The van der Waals surface area contributed by atoms with Crippen molar-refractivity contribution in [1.29, 1.82) is 0 Å². The first-order valence-electron chi connectivity index (χ1n) is 7.59. The van der Waals surface area contributed by atoms with Gasteiger partial charge < -0.3 is 0 Å². The Balaban J connectivity index is 1.52. The maximum absolute atomic E-state index is 12.6. The lowest BCUT2D eigenvalue weighted by molar-refractivity contribution is -0.120. The van der Waals surface area contributed by atoms with Gasteiger partial charge in [-0.2, -0.15) is 0 Å². The van der Waals surface area contributed by atoms with Gasteiger partial charge in [0.15, 0.2) is 0 Å². The molecular weight excluding hydrogens is 371 g/mol. The fourth-order valence-electron chi connectivity index (χ4n) is 3.93. The van der Waals surface area contributed by atoms with Crippen LogP contribution in [0.1, 0.15) is 29.0 Å². The van der Waals surface area contributed by atoms with E-state index in [9.17, 15) is 4.79 Å². The summed E-state index contributed by atoms with van der Waals surface area (Å²) in [5.74, 6) is 1.82. The predicted octanol–water partition coefficient (Wildman–Crippen LogP) is 4.38. The van der Waals surface area contributed by atoms with Crippen molar-refractivity contribution < 1.29 is 4.79 Å². The maximum Gasteiger partial charge on any atom is 0.141 e. The normalized spacial score (nSPS) is 25.9. The molecule has 2 heteroatoms. The third kappa shape index (κ3) is 2.44. The maximum atomic E-state index is 12.6. The van der Waals surface area contributed by atoms with Crippen LogP contribution in [0, 0.1) is 15.4 Å². The summed E-state index contributed by atoms with van der Waals surface area (Å²) in [5.41, 5.74) is 4.05. The van der Waals surface area contributed by atoms with Crippen molar-refractivity contribution in [3.05, 3.63) is 68.8 Å². The average molecular weight is 388 g/mol.